The number of nitrogen functional groups attached to an aromatic ring is 1. The molecule has 2 aromatic rings. The van der Waals surface area contributed by atoms with Crippen LogP contribution in [0.5, 0.6) is 5.75 Å². The average Bonchev–Trinajstić information content (AvgIpc) is 2.57. The molecular weight excluding hydrogens is 330 g/mol. The van der Waals surface area contributed by atoms with Crippen LogP contribution in [0.4, 0.5) is 5.95 Å². The fourth-order valence-corrected chi connectivity index (χ4v) is 2.26. The smallest absolute Gasteiger partial charge is 0.253 e. The molecule has 1 aromatic carbocycles. The number of hydrogen-bond donors (Lipinski definition) is 2. The van der Waals surface area contributed by atoms with Crippen molar-refractivity contribution in [3.8, 4) is 5.75 Å². The van der Waals surface area contributed by atoms with Crippen molar-refractivity contribution in [1.82, 2.24) is 14.9 Å². The molecule has 0 aliphatic heterocycles. The Balaban J connectivity index is 2.02. The Labute approximate surface area is 145 Å². The Hall–Kier alpha value is -2.38. The number of nitrogens with zero attached hydrogens (tertiary/aromatic N) is 3. The van der Waals surface area contributed by atoms with E-state index in [0.29, 0.717) is 36.0 Å². The van der Waals surface area contributed by atoms with E-state index in [9.17, 15) is 4.79 Å². The van der Waals surface area contributed by atoms with Crippen molar-refractivity contribution in [2.75, 3.05) is 25.9 Å². The molecule has 1 amide bonds. The standard InChI is InChI=1S/C16H20ClN5O2/c1-22(10-11-8-20-16(19)21-9-11)15(23)12-3-4-14(13(17)7-12)24-6-2-5-18/h3-4,7-9H,2,5-6,10,18H2,1H3,(H2,19,20,21). The fourth-order valence-electron chi connectivity index (χ4n) is 2.03. The van der Waals surface area contributed by atoms with Crippen LogP contribution in [0, 0.1) is 0 Å². The van der Waals surface area contributed by atoms with Gasteiger partial charge in [-0.05, 0) is 31.2 Å². The van der Waals surface area contributed by atoms with Gasteiger partial charge in [-0.15, -0.1) is 0 Å². The van der Waals surface area contributed by atoms with Gasteiger partial charge in [0, 0.05) is 37.1 Å². The van der Waals surface area contributed by atoms with Gasteiger partial charge in [-0.2, -0.15) is 0 Å². The van der Waals surface area contributed by atoms with Crippen LogP contribution < -0.4 is 16.2 Å². The van der Waals surface area contributed by atoms with Crippen LogP contribution in [-0.4, -0.2) is 41.0 Å². The van der Waals surface area contributed by atoms with Crippen molar-refractivity contribution in [1.29, 1.82) is 0 Å². The van der Waals surface area contributed by atoms with E-state index in [1.807, 2.05) is 0 Å². The minimum atomic E-state index is -0.165. The molecule has 0 fully saturated rings. The Bertz CT molecular complexity index is 693. The highest BCUT2D eigenvalue weighted by molar-refractivity contribution is 6.32. The first-order valence-electron chi connectivity index (χ1n) is 7.45. The lowest BCUT2D eigenvalue weighted by Crippen LogP contribution is -2.26. The predicted octanol–water partition coefficient (Wildman–Crippen LogP) is 1.71. The molecule has 4 N–H and O–H groups in total. The highest BCUT2D eigenvalue weighted by atomic mass is 35.5. The zero-order valence-electron chi connectivity index (χ0n) is 13.4. The maximum atomic E-state index is 12.5. The summed E-state index contributed by atoms with van der Waals surface area (Å²) in [6.07, 6.45) is 3.92. The highest BCUT2D eigenvalue weighted by Gasteiger charge is 2.14. The van der Waals surface area contributed by atoms with Gasteiger partial charge in [-0.3, -0.25) is 4.79 Å². The summed E-state index contributed by atoms with van der Waals surface area (Å²) in [5.41, 5.74) is 12.1. The summed E-state index contributed by atoms with van der Waals surface area (Å²) in [5, 5.41) is 0.391. The molecule has 128 valence electrons. The van der Waals surface area contributed by atoms with Crippen molar-refractivity contribution in [2.45, 2.75) is 13.0 Å². The molecule has 2 rings (SSSR count). The lowest BCUT2D eigenvalue weighted by Gasteiger charge is -2.17. The number of ether oxygens (including phenoxy) is 1. The molecule has 0 atom stereocenters. The summed E-state index contributed by atoms with van der Waals surface area (Å²) < 4.78 is 5.51. The number of halogens is 1. The van der Waals surface area contributed by atoms with Crippen LogP contribution >= 0.6 is 11.6 Å². The second-order valence-electron chi connectivity index (χ2n) is 5.25. The van der Waals surface area contributed by atoms with Gasteiger partial charge in [-0.1, -0.05) is 11.6 Å². The number of hydrogen-bond acceptors (Lipinski definition) is 6. The number of benzene rings is 1. The summed E-state index contributed by atoms with van der Waals surface area (Å²) in [5.74, 6) is 0.572. The predicted molar refractivity (Wildman–Crippen MR) is 92.9 cm³/mol. The van der Waals surface area contributed by atoms with Gasteiger partial charge >= 0.3 is 0 Å². The molecule has 24 heavy (non-hydrogen) atoms. The minimum absolute atomic E-state index is 0.165. The van der Waals surface area contributed by atoms with Crippen LogP contribution in [0.15, 0.2) is 30.6 Å². The number of nitrogens with two attached hydrogens (primary N) is 2. The molecule has 0 spiro atoms. The van der Waals surface area contributed by atoms with Crippen molar-refractivity contribution in [3.05, 3.63) is 46.7 Å². The normalized spacial score (nSPS) is 10.5. The largest absolute Gasteiger partial charge is 0.492 e. The summed E-state index contributed by atoms with van der Waals surface area (Å²) in [6.45, 7) is 1.40. The maximum absolute atomic E-state index is 12.5. The van der Waals surface area contributed by atoms with Crippen LogP contribution in [0.2, 0.25) is 5.02 Å². The van der Waals surface area contributed by atoms with E-state index < -0.39 is 0 Å². The molecule has 1 heterocycles. The van der Waals surface area contributed by atoms with E-state index in [1.165, 1.54) is 0 Å². The Morgan fingerprint density at radius 2 is 2.04 bits per heavy atom. The van der Waals surface area contributed by atoms with E-state index in [4.69, 9.17) is 27.8 Å². The van der Waals surface area contributed by atoms with E-state index in [-0.39, 0.29) is 11.9 Å². The summed E-state index contributed by atoms with van der Waals surface area (Å²) in [6, 6.07) is 4.96. The number of carbonyl (C=O) groups is 1. The number of aromatic nitrogens is 2. The molecule has 0 aliphatic carbocycles. The quantitative estimate of drug-likeness (QED) is 0.737. The van der Waals surface area contributed by atoms with Crippen LogP contribution in [0.1, 0.15) is 22.3 Å². The second-order valence-corrected chi connectivity index (χ2v) is 5.65. The molecule has 0 saturated heterocycles. The third-order valence-corrected chi connectivity index (χ3v) is 3.57. The molecule has 0 saturated carbocycles. The first-order chi connectivity index (χ1) is 11.5. The van der Waals surface area contributed by atoms with Crippen LogP contribution in [0.3, 0.4) is 0 Å². The van der Waals surface area contributed by atoms with Gasteiger partial charge in [0.05, 0.1) is 11.6 Å². The van der Waals surface area contributed by atoms with Crippen LogP contribution in [0.25, 0.3) is 0 Å². The molecule has 0 radical (unpaired) electrons. The molecule has 0 bridgehead atoms. The topological polar surface area (TPSA) is 107 Å². The second kappa shape index (κ2) is 8.47. The zero-order chi connectivity index (χ0) is 17.5. The monoisotopic (exact) mass is 349 g/mol. The van der Waals surface area contributed by atoms with Crippen LogP contribution in [-0.2, 0) is 6.54 Å². The third-order valence-electron chi connectivity index (χ3n) is 3.28. The minimum Gasteiger partial charge on any atom is -0.492 e. The van der Waals surface area contributed by atoms with E-state index in [2.05, 4.69) is 9.97 Å². The average molecular weight is 350 g/mol. The van der Waals surface area contributed by atoms with Gasteiger partial charge in [0.25, 0.3) is 5.91 Å². The van der Waals surface area contributed by atoms with Crippen molar-refractivity contribution >= 4 is 23.5 Å². The van der Waals surface area contributed by atoms with Crippen molar-refractivity contribution < 1.29 is 9.53 Å². The molecular formula is C16H20ClN5O2. The SMILES string of the molecule is CN(Cc1cnc(N)nc1)C(=O)c1ccc(OCCCN)c(Cl)c1. The fraction of sp³-hybridized carbons (Fsp3) is 0.312. The Kier molecular flexibility index (Phi) is 6.34. The van der Waals surface area contributed by atoms with Crippen molar-refractivity contribution in [3.63, 3.8) is 0 Å². The van der Waals surface area contributed by atoms with Gasteiger partial charge in [-0.25, -0.2) is 9.97 Å². The third kappa shape index (κ3) is 4.81. The van der Waals surface area contributed by atoms with E-state index in [0.717, 1.165) is 12.0 Å². The molecule has 8 heteroatoms. The maximum Gasteiger partial charge on any atom is 0.253 e. The zero-order valence-corrected chi connectivity index (χ0v) is 14.2. The molecule has 1 aromatic heterocycles. The summed E-state index contributed by atoms with van der Waals surface area (Å²) in [7, 11) is 1.69. The highest BCUT2D eigenvalue weighted by Crippen LogP contribution is 2.26. The van der Waals surface area contributed by atoms with Gasteiger partial charge in [0.2, 0.25) is 5.95 Å². The number of carbonyl (C=O) groups excluding carboxylic acids is 1. The first-order valence-corrected chi connectivity index (χ1v) is 7.83. The molecule has 0 unspecified atom stereocenters. The number of amides is 1. The van der Waals surface area contributed by atoms with E-state index in [1.54, 1.807) is 42.5 Å². The van der Waals surface area contributed by atoms with Gasteiger partial charge in [0.1, 0.15) is 5.75 Å². The van der Waals surface area contributed by atoms with Gasteiger partial charge in [0.15, 0.2) is 0 Å². The van der Waals surface area contributed by atoms with Crippen molar-refractivity contribution in [2.24, 2.45) is 5.73 Å². The lowest BCUT2D eigenvalue weighted by atomic mass is 10.2. The summed E-state index contributed by atoms with van der Waals surface area (Å²) in [4.78, 5) is 21.9. The number of anilines is 1. The Morgan fingerprint density at radius 3 is 2.67 bits per heavy atom. The van der Waals surface area contributed by atoms with Gasteiger partial charge < -0.3 is 21.1 Å². The molecule has 0 aliphatic rings. The van der Waals surface area contributed by atoms with E-state index >= 15 is 0 Å². The summed E-state index contributed by atoms with van der Waals surface area (Å²) >= 11 is 6.17. The molecule has 7 nitrogen and oxygen atoms in total. The Morgan fingerprint density at radius 1 is 1.33 bits per heavy atom. The first kappa shape index (κ1) is 18.0. The number of rotatable bonds is 7. The lowest BCUT2D eigenvalue weighted by molar-refractivity contribution is 0.0785.